The van der Waals surface area contributed by atoms with Crippen LogP contribution < -0.4 is 10.1 Å². The Kier molecular flexibility index (Phi) is 6.87. The fourth-order valence-electron chi connectivity index (χ4n) is 2.97. The molecule has 0 unspecified atom stereocenters. The van der Waals surface area contributed by atoms with Crippen molar-refractivity contribution >= 4 is 21.6 Å². The van der Waals surface area contributed by atoms with Crippen molar-refractivity contribution in [3.05, 3.63) is 53.6 Å². The molecule has 1 saturated heterocycles. The number of carbonyl (C=O) groups excluding carboxylic acids is 1. The molecule has 1 aliphatic heterocycles. The Morgan fingerprint density at radius 3 is 2.52 bits per heavy atom. The second kappa shape index (κ2) is 9.25. The Balaban J connectivity index is 1.94. The molecule has 168 valence electrons. The zero-order valence-electron chi connectivity index (χ0n) is 16.6. The fraction of sp³-hybridized carbons (Fsp3) is 0.350. The number of sulfonamides is 1. The van der Waals surface area contributed by atoms with Crippen molar-refractivity contribution in [2.45, 2.75) is 18.0 Å². The fourth-order valence-corrected chi connectivity index (χ4v) is 4.40. The Bertz CT molecular complexity index is 1050. The predicted molar refractivity (Wildman–Crippen MR) is 107 cm³/mol. The lowest BCUT2D eigenvalue weighted by Gasteiger charge is -2.26. The number of alkyl halides is 3. The third-order valence-corrected chi connectivity index (χ3v) is 6.37. The van der Waals surface area contributed by atoms with Crippen LogP contribution in [0.1, 0.15) is 15.9 Å². The second-order valence-corrected chi connectivity index (χ2v) is 8.84. The van der Waals surface area contributed by atoms with Crippen molar-refractivity contribution in [1.82, 2.24) is 4.31 Å². The van der Waals surface area contributed by atoms with E-state index in [0.717, 1.165) is 23.8 Å². The normalized spacial score (nSPS) is 15.5. The summed E-state index contributed by atoms with van der Waals surface area (Å²) in [4.78, 5) is 12.4. The molecule has 1 fully saturated rings. The van der Waals surface area contributed by atoms with Crippen molar-refractivity contribution in [1.29, 1.82) is 0 Å². The lowest BCUT2D eigenvalue weighted by Crippen LogP contribution is -2.40. The van der Waals surface area contributed by atoms with E-state index in [1.807, 2.05) is 0 Å². The highest BCUT2D eigenvalue weighted by atomic mass is 32.2. The van der Waals surface area contributed by atoms with E-state index in [0.29, 0.717) is 0 Å². The van der Waals surface area contributed by atoms with Crippen LogP contribution in [0.3, 0.4) is 0 Å². The van der Waals surface area contributed by atoms with Gasteiger partial charge in [0.1, 0.15) is 5.75 Å². The molecule has 1 heterocycles. The van der Waals surface area contributed by atoms with Gasteiger partial charge in [-0.15, -0.1) is 0 Å². The Morgan fingerprint density at radius 1 is 1.16 bits per heavy atom. The quantitative estimate of drug-likeness (QED) is 0.719. The number of nitrogens with zero attached hydrogens (tertiary/aromatic N) is 1. The topological polar surface area (TPSA) is 84.9 Å². The number of anilines is 1. The summed E-state index contributed by atoms with van der Waals surface area (Å²) in [5, 5.41) is 2.47. The number of aryl methyl sites for hydroxylation is 1. The summed E-state index contributed by atoms with van der Waals surface area (Å²) in [5.74, 6) is -0.902. The highest BCUT2D eigenvalue weighted by molar-refractivity contribution is 7.89. The maximum absolute atomic E-state index is 12.9. The number of hydrogen-bond acceptors (Lipinski definition) is 5. The molecule has 0 bridgehead atoms. The molecular formula is C20H21F3N2O5S. The van der Waals surface area contributed by atoms with Gasteiger partial charge in [0, 0.05) is 18.7 Å². The summed E-state index contributed by atoms with van der Waals surface area (Å²) in [7, 11) is -3.93. The molecule has 1 N–H and O–H groups in total. The van der Waals surface area contributed by atoms with Crippen LogP contribution in [0.5, 0.6) is 5.75 Å². The smallest absolute Gasteiger partial charge is 0.422 e. The maximum atomic E-state index is 12.9. The molecule has 2 aromatic rings. The van der Waals surface area contributed by atoms with E-state index in [2.05, 4.69) is 5.32 Å². The predicted octanol–water partition coefficient (Wildman–Crippen LogP) is 3.21. The SMILES string of the molecule is Cc1cccc(C(=O)Nc2cc(S(=O)(=O)N3CCOCC3)ccc2OCC(F)(F)F)c1. The molecule has 1 aliphatic rings. The zero-order valence-corrected chi connectivity index (χ0v) is 17.4. The van der Waals surface area contributed by atoms with E-state index >= 15 is 0 Å². The molecule has 0 atom stereocenters. The number of morpholine rings is 1. The zero-order chi connectivity index (χ0) is 22.6. The summed E-state index contributed by atoms with van der Waals surface area (Å²) in [5.41, 5.74) is 0.901. The van der Waals surface area contributed by atoms with Gasteiger partial charge in [0.25, 0.3) is 5.91 Å². The van der Waals surface area contributed by atoms with Gasteiger partial charge in [-0.05, 0) is 37.3 Å². The number of ether oxygens (including phenoxy) is 2. The van der Waals surface area contributed by atoms with Gasteiger partial charge in [-0.2, -0.15) is 17.5 Å². The van der Waals surface area contributed by atoms with Crippen molar-refractivity contribution < 1.29 is 35.9 Å². The van der Waals surface area contributed by atoms with Crippen molar-refractivity contribution in [2.75, 3.05) is 38.2 Å². The Labute approximate surface area is 177 Å². The number of amides is 1. The van der Waals surface area contributed by atoms with Crippen LogP contribution >= 0.6 is 0 Å². The Morgan fingerprint density at radius 2 is 1.87 bits per heavy atom. The average Bonchev–Trinajstić information content (AvgIpc) is 2.72. The van der Waals surface area contributed by atoms with Crippen LogP contribution in [0.25, 0.3) is 0 Å². The number of nitrogens with one attached hydrogen (secondary N) is 1. The second-order valence-electron chi connectivity index (χ2n) is 6.90. The van der Waals surface area contributed by atoms with Crippen molar-refractivity contribution in [3.8, 4) is 5.75 Å². The van der Waals surface area contributed by atoms with Crippen LogP contribution in [-0.2, 0) is 14.8 Å². The van der Waals surface area contributed by atoms with E-state index in [1.165, 1.54) is 10.4 Å². The van der Waals surface area contributed by atoms with Gasteiger partial charge < -0.3 is 14.8 Å². The molecule has 0 aromatic heterocycles. The van der Waals surface area contributed by atoms with Crippen LogP contribution in [0, 0.1) is 6.92 Å². The standard InChI is InChI=1S/C20H21F3N2O5S/c1-14-3-2-4-15(11-14)19(26)24-17-12-16(5-6-18(17)30-13-20(21,22)23)31(27,28)25-7-9-29-10-8-25/h2-6,11-12H,7-10,13H2,1H3,(H,24,26). The molecule has 0 radical (unpaired) electrons. The summed E-state index contributed by atoms with van der Waals surface area (Å²) in [6, 6.07) is 9.93. The minimum Gasteiger partial charge on any atom is -0.482 e. The summed E-state index contributed by atoms with van der Waals surface area (Å²) in [6.07, 6.45) is -4.60. The number of benzene rings is 2. The van der Waals surface area contributed by atoms with Gasteiger partial charge in [-0.3, -0.25) is 4.79 Å². The third-order valence-electron chi connectivity index (χ3n) is 4.48. The van der Waals surface area contributed by atoms with E-state index in [1.54, 1.807) is 25.1 Å². The van der Waals surface area contributed by atoms with Crippen LogP contribution in [0.4, 0.5) is 18.9 Å². The molecule has 31 heavy (non-hydrogen) atoms. The molecule has 0 spiro atoms. The molecule has 0 saturated carbocycles. The highest BCUT2D eigenvalue weighted by Crippen LogP contribution is 2.31. The third kappa shape index (κ3) is 5.96. The van der Waals surface area contributed by atoms with Gasteiger partial charge in [-0.1, -0.05) is 17.7 Å². The highest BCUT2D eigenvalue weighted by Gasteiger charge is 2.30. The van der Waals surface area contributed by atoms with Crippen LogP contribution in [0.15, 0.2) is 47.4 Å². The van der Waals surface area contributed by atoms with E-state index in [4.69, 9.17) is 9.47 Å². The summed E-state index contributed by atoms with van der Waals surface area (Å²) >= 11 is 0. The maximum Gasteiger partial charge on any atom is 0.422 e. The van der Waals surface area contributed by atoms with Crippen molar-refractivity contribution in [3.63, 3.8) is 0 Å². The number of hydrogen-bond donors (Lipinski definition) is 1. The summed E-state index contributed by atoms with van der Waals surface area (Å²) < 4.78 is 74.9. The van der Waals surface area contributed by atoms with Gasteiger partial charge in [-0.25, -0.2) is 8.42 Å². The summed E-state index contributed by atoms with van der Waals surface area (Å²) in [6.45, 7) is 0.977. The van der Waals surface area contributed by atoms with Gasteiger partial charge in [0.05, 0.1) is 23.8 Å². The first-order chi connectivity index (χ1) is 14.6. The first-order valence-electron chi connectivity index (χ1n) is 9.36. The molecule has 2 aromatic carbocycles. The Hall–Kier alpha value is -2.63. The molecule has 11 heteroatoms. The van der Waals surface area contributed by atoms with E-state index in [9.17, 15) is 26.4 Å². The van der Waals surface area contributed by atoms with Gasteiger partial charge in [0.15, 0.2) is 6.61 Å². The minimum atomic E-state index is -4.60. The molecule has 3 rings (SSSR count). The molecule has 0 aliphatic carbocycles. The number of halogens is 3. The monoisotopic (exact) mass is 458 g/mol. The lowest BCUT2D eigenvalue weighted by molar-refractivity contribution is -0.153. The first-order valence-corrected chi connectivity index (χ1v) is 10.8. The van der Waals surface area contributed by atoms with E-state index < -0.39 is 28.7 Å². The van der Waals surface area contributed by atoms with Gasteiger partial charge in [0.2, 0.25) is 10.0 Å². The molecular weight excluding hydrogens is 437 g/mol. The van der Waals surface area contributed by atoms with Gasteiger partial charge >= 0.3 is 6.18 Å². The molecule has 7 nitrogen and oxygen atoms in total. The first kappa shape index (κ1) is 23.0. The van der Waals surface area contributed by atoms with E-state index in [-0.39, 0.29) is 48.2 Å². The van der Waals surface area contributed by atoms with Crippen LogP contribution in [0.2, 0.25) is 0 Å². The minimum absolute atomic E-state index is 0.152. The van der Waals surface area contributed by atoms with Crippen molar-refractivity contribution in [2.24, 2.45) is 0 Å². The number of rotatable bonds is 6. The lowest BCUT2D eigenvalue weighted by atomic mass is 10.1. The van der Waals surface area contributed by atoms with Crippen LogP contribution in [-0.4, -0.2) is 57.7 Å². The average molecular weight is 458 g/mol. The number of carbonyl (C=O) groups is 1. The molecule has 1 amide bonds. The largest absolute Gasteiger partial charge is 0.482 e.